The summed E-state index contributed by atoms with van der Waals surface area (Å²) in [5.74, 6) is -11.1. The van der Waals surface area contributed by atoms with Gasteiger partial charge in [-0.15, -0.1) is 0 Å². The number of ketones is 2. The van der Waals surface area contributed by atoms with Gasteiger partial charge >= 0.3 is 24.3 Å². The molecule has 0 radical (unpaired) electrons. The molecule has 33 heavy (non-hydrogen) atoms. The molecule has 1 N–H and O–H groups in total. The zero-order valence-corrected chi connectivity index (χ0v) is 17.3. The molecule has 0 spiro atoms. The number of alkyl halides is 6. The van der Waals surface area contributed by atoms with Crippen molar-refractivity contribution in [2.45, 2.75) is 38.5 Å². The van der Waals surface area contributed by atoms with Crippen molar-refractivity contribution in [1.82, 2.24) is 5.32 Å². The van der Waals surface area contributed by atoms with Crippen LogP contribution in [0.4, 0.5) is 26.3 Å². The summed E-state index contributed by atoms with van der Waals surface area (Å²) in [6.07, 6.45) is -11.5. The van der Waals surface area contributed by atoms with E-state index in [-0.39, 0.29) is 38.2 Å². The smallest absolute Gasteiger partial charge is 0.450 e. The minimum absolute atomic E-state index is 0.0446. The first-order valence-electron chi connectivity index (χ1n) is 9.22. The number of ether oxygens (including phenoxy) is 2. The van der Waals surface area contributed by atoms with E-state index in [9.17, 15) is 50.3 Å². The van der Waals surface area contributed by atoms with Gasteiger partial charge in [-0.1, -0.05) is 12.7 Å². The second kappa shape index (κ2) is 13.4. The first-order valence-corrected chi connectivity index (χ1v) is 9.22. The quantitative estimate of drug-likeness (QED) is 0.139. The van der Waals surface area contributed by atoms with E-state index in [4.69, 9.17) is 9.47 Å². The van der Waals surface area contributed by atoms with Gasteiger partial charge in [0.15, 0.2) is 0 Å². The van der Waals surface area contributed by atoms with Crippen LogP contribution in [0, 0.1) is 5.92 Å². The van der Waals surface area contributed by atoms with Gasteiger partial charge in [-0.25, -0.2) is 4.79 Å². The molecule has 0 aliphatic heterocycles. The SMILES string of the molecule is C=C(C)C(=O)OCCCC(=O)OCCNC(=O)/C=C/CC(C(=O)C(F)(F)F)C(=O)C(F)(F)F. The number of nitrogens with one attached hydrogen (secondary N) is 1. The van der Waals surface area contributed by atoms with Crippen molar-refractivity contribution in [3.63, 3.8) is 0 Å². The van der Waals surface area contributed by atoms with Crippen molar-refractivity contribution < 1.29 is 59.8 Å². The molecule has 0 aromatic rings. The summed E-state index contributed by atoms with van der Waals surface area (Å²) in [5.41, 5.74) is 0.191. The van der Waals surface area contributed by atoms with E-state index >= 15 is 0 Å². The third kappa shape index (κ3) is 12.4. The Hall–Kier alpha value is -3.19. The van der Waals surface area contributed by atoms with Crippen LogP contribution in [0.2, 0.25) is 0 Å². The van der Waals surface area contributed by atoms with Crippen molar-refractivity contribution in [2.24, 2.45) is 5.92 Å². The lowest BCUT2D eigenvalue weighted by Crippen LogP contribution is -2.41. The van der Waals surface area contributed by atoms with E-state index in [1.807, 2.05) is 0 Å². The molecule has 0 rings (SSSR count). The topological polar surface area (TPSA) is 116 Å². The van der Waals surface area contributed by atoms with Gasteiger partial charge in [-0.3, -0.25) is 19.2 Å². The highest BCUT2D eigenvalue weighted by Gasteiger charge is 2.52. The molecule has 186 valence electrons. The Morgan fingerprint density at radius 1 is 0.939 bits per heavy atom. The van der Waals surface area contributed by atoms with E-state index in [0.29, 0.717) is 12.2 Å². The predicted octanol–water partition coefficient (Wildman–Crippen LogP) is 2.37. The second-order valence-corrected chi connectivity index (χ2v) is 6.45. The van der Waals surface area contributed by atoms with Crippen molar-refractivity contribution in [1.29, 1.82) is 0 Å². The maximum atomic E-state index is 12.4. The van der Waals surface area contributed by atoms with Crippen molar-refractivity contribution >= 4 is 29.4 Å². The van der Waals surface area contributed by atoms with Crippen LogP contribution in [0.3, 0.4) is 0 Å². The maximum Gasteiger partial charge on any atom is 0.450 e. The normalized spacial score (nSPS) is 11.9. The zero-order chi connectivity index (χ0) is 25.8. The summed E-state index contributed by atoms with van der Waals surface area (Å²) in [4.78, 5) is 56.3. The molecule has 0 aromatic carbocycles. The number of hydrogen-bond donors (Lipinski definition) is 1. The van der Waals surface area contributed by atoms with Crippen molar-refractivity contribution in [2.75, 3.05) is 19.8 Å². The first kappa shape index (κ1) is 29.8. The van der Waals surface area contributed by atoms with Crippen LogP contribution in [0.1, 0.15) is 26.2 Å². The Bertz CT molecular complexity index is 760. The number of carbonyl (C=O) groups excluding carboxylic acids is 5. The lowest BCUT2D eigenvalue weighted by Gasteiger charge is -2.16. The van der Waals surface area contributed by atoms with Crippen LogP contribution in [-0.4, -0.2) is 61.5 Å². The second-order valence-electron chi connectivity index (χ2n) is 6.45. The minimum atomic E-state index is -5.67. The van der Waals surface area contributed by atoms with E-state index in [0.717, 1.165) is 0 Å². The summed E-state index contributed by atoms with van der Waals surface area (Å²) in [6, 6.07) is 0. The molecule has 0 bridgehead atoms. The lowest BCUT2D eigenvalue weighted by molar-refractivity contribution is -0.189. The Balaban J connectivity index is 4.41. The van der Waals surface area contributed by atoms with Crippen LogP contribution in [-0.2, 0) is 33.4 Å². The molecular formula is C19H21F6NO7. The molecular weight excluding hydrogens is 468 g/mol. The Kier molecular flexibility index (Phi) is 12.1. The number of carbonyl (C=O) groups is 5. The van der Waals surface area contributed by atoms with Crippen molar-refractivity contribution in [3.05, 3.63) is 24.3 Å². The third-order valence-electron chi connectivity index (χ3n) is 3.60. The van der Waals surface area contributed by atoms with Crippen molar-refractivity contribution in [3.8, 4) is 0 Å². The number of amides is 1. The highest BCUT2D eigenvalue weighted by Crippen LogP contribution is 2.29. The molecule has 0 aliphatic rings. The molecule has 0 atom stereocenters. The fourth-order valence-electron chi connectivity index (χ4n) is 2.01. The average molecular weight is 489 g/mol. The molecule has 0 unspecified atom stereocenters. The van der Waals surface area contributed by atoms with Gasteiger partial charge in [0, 0.05) is 12.0 Å². The number of allylic oxidation sites excluding steroid dienone is 1. The van der Waals surface area contributed by atoms with Gasteiger partial charge in [-0.2, -0.15) is 26.3 Å². The molecule has 0 heterocycles. The number of rotatable bonds is 13. The number of hydrogen-bond acceptors (Lipinski definition) is 7. The van der Waals surface area contributed by atoms with Crippen LogP contribution in [0.5, 0.6) is 0 Å². The number of Topliss-reactive ketones (excluding diaryl/α,β-unsaturated/α-hetero) is 2. The molecule has 0 saturated carbocycles. The fourth-order valence-corrected chi connectivity index (χ4v) is 2.01. The van der Waals surface area contributed by atoms with Gasteiger partial charge in [0.05, 0.1) is 19.1 Å². The van der Waals surface area contributed by atoms with Gasteiger partial charge < -0.3 is 14.8 Å². The maximum absolute atomic E-state index is 12.4. The van der Waals surface area contributed by atoms with E-state index in [2.05, 4.69) is 11.9 Å². The highest BCUT2D eigenvalue weighted by molar-refractivity contribution is 6.07. The molecule has 1 amide bonds. The van der Waals surface area contributed by atoms with Gasteiger partial charge in [0.2, 0.25) is 17.5 Å². The molecule has 0 aromatic heterocycles. The van der Waals surface area contributed by atoms with Crippen LogP contribution in [0.25, 0.3) is 0 Å². The summed E-state index contributed by atoms with van der Waals surface area (Å²) < 4.78 is 84.1. The lowest BCUT2D eigenvalue weighted by atomic mass is 9.94. The minimum Gasteiger partial charge on any atom is -0.464 e. The van der Waals surface area contributed by atoms with Gasteiger partial charge in [0.1, 0.15) is 6.61 Å². The first-order chi connectivity index (χ1) is 15.1. The van der Waals surface area contributed by atoms with Crippen LogP contribution in [0.15, 0.2) is 24.3 Å². The monoisotopic (exact) mass is 489 g/mol. The summed E-state index contributed by atoms with van der Waals surface area (Å²) in [5, 5.41) is 2.13. The molecule has 14 heteroatoms. The summed E-state index contributed by atoms with van der Waals surface area (Å²) in [7, 11) is 0. The Morgan fingerprint density at radius 3 is 1.97 bits per heavy atom. The number of esters is 2. The van der Waals surface area contributed by atoms with Gasteiger partial charge in [-0.05, 0) is 25.8 Å². The highest BCUT2D eigenvalue weighted by atomic mass is 19.4. The van der Waals surface area contributed by atoms with E-state index < -0.39 is 54.1 Å². The molecule has 0 saturated heterocycles. The van der Waals surface area contributed by atoms with E-state index in [1.165, 1.54) is 6.92 Å². The average Bonchev–Trinajstić information content (AvgIpc) is 2.69. The molecule has 0 fully saturated rings. The zero-order valence-electron chi connectivity index (χ0n) is 17.3. The van der Waals surface area contributed by atoms with E-state index in [1.54, 1.807) is 0 Å². The van der Waals surface area contributed by atoms with Crippen LogP contribution >= 0.6 is 0 Å². The number of halogens is 6. The Morgan fingerprint density at radius 2 is 1.48 bits per heavy atom. The largest absolute Gasteiger partial charge is 0.464 e. The third-order valence-corrected chi connectivity index (χ3v) is 3.60. The van der Waals surface area contributed by atoms with Gasteiger partial charge in [0.25, 0.3) is 0 Å². The Labute approximate surface area is 184 Å². The summed E-state index contributed by atoms with van der Waals surface area (Å²) >= 11 is 0. The summed E-state index contributed by atoms with van der Waals surface area (Å²) in [6.45, 7) is 4.23. The molecule has 8 nitrogen and oxygen atoms in total. The van der Waals surface area contributed by atoms with Crippen LogP contribution < -0.4 is 5.32 Å². The fraction of sp³-hybridized carbons (Fsp3) is 0.526. The standard InChI is InChI=1S/C19H21F6NO7/c1-11(2)17(31)33-9-4-7-14(28)32-10-8-26-13(27)6-3-5-12(15(29)18(20,21)22)16(30)19(23,24)25/h3,6,12H,1,4-5,7-10H2,2H3,(H,26,27)/b6-3+. The predicted molar refractivity (Wildman–Crippen MR) is 98.3 cm³/mol. The molecule has 0 aliphatic carbocycles.